The number of nitrogens with zero attached hydrogens (tertiary/aromatic N) is 1. The van der Waals surface area contributed by atoms with Crippen molar-refractivity contribution in [3.05, 3.63) is 0 Å². The summed E-state index contributed by atoms with van der Waals surface area (Å²) in [5.74, 6) is -0.567. The van der Waals surface area contributed by atoms with Crippen LogP contribution in [0.5, 0.6) is 0 Å². The van der Waals surface area contributed by atoms with Crippen LogP contribution in [0.2, 0.25) is 0 Å². The Morgan fingerprint density at radius 2 is 2.00 bits per heavy atom. The van der Waals surface area contributed by atoms with Gasteiger partial charge in [-0.3, -0.25) is 4.79 Å². The number of nitrogens with one attached hydrogen (secondary N) is 1. The third-order valence-electron chi connectivity index (χ3n) is 1.45. The van der Waals surface area contributed by atoms with Crippen LogP contribution in [0.15, 0.2) is 0 Å². The largest absolute Gasteiger partial charge is 0.469 e. The van der Waals surface area contributed by atoms with Crippen LogP contribution in [-0.4, -0.2) is 30.8 Å². The summed E-state index contributed by atoms with van der Waals surface area (Å²) in [6.45, 7) is 5.11. The fraction of sp³-hybridized carbons (Fsp3) is 0.700. The van der Waals surface area contributed by atoms with Crippen LogP contribution in [0.3, 0.4) is 0 Å². The number of alkyl carbamates (subject to hydrolysis) is 1. The van der Waals surface area contributed by atoms with Gasteiger partial charge in [-0.15, -0.1) is 0 Å². The molecule has 0 bridgehead atoms. The van der Waals surface area contributed by atoms with E-state index in [1.165, 1.54) is 7.11 Å². The monoisotopic (exact) mass is 228 g/mol. The quantitative estimate of drug-likeness (QED) is 0.727. The first-order valence-corrected chi connectivity index (χ1v) is 4.74. The topological polar surface area (TPSA) is 88.4 Å². The van der Waals surface area contributed by atoms with Gasteiger partial charge >= 0.3 is 12.1 Å². The smallest absolute Gasteiger partial charge is 0.408 e. The summed E-state index contributed by atoms with van der Waals surface area (Å²) in [6, 6.07) is 0.829. The summed E-state index contributed by atoms with van der Waals surface area (Å²) in [6.07, 6.45) is -0.936. The predicted octanol–water partition coefficient (Wildman–Crippen LogP) is 0.966. The van der Waals surface area contributed by atoms with E-state index in [0.717, 1.165) is 0 Å². The molecule has 0 aliphatic rings. The molecular weight excluding hydrogens is 212 g/mol. The van der Waals surface area contributed by atoms with Crippen LogP contribution in [0.1, 0.15) is 27.2 Å². The number of methoxy groups -OCH3 is 1. The summed E-state index contributed by atoms with van der Waals surface area (Å²) >= 11 is 0. The number of carbonyl (C=O) groups is 2. The Labute approximate surface area is 94.5 Å². The highest BCUT2D eigenvalue weighted by Crippen LogP contribution is 2.07. The van der Waals surface area contributed by atoms with Crippen LogP contribution in [0.25, 0.3) is 0 Å². The molecule has 90 valence electrons. The van der Waals surface area contributed by atoms with Crippen molar-refractivity contribution in [2.24, 2.45) is 0 Å². The minimum Gasteiger partial charge on any atom is -0.469 e. The Morgan fingerprint density at radius 1 is 1.44 bits per heavy atom. The molecule has 1 amide bonds. The Bertz CT molecular complexity index is 301. The Morgan fingerprint density at radius 3 is 2.38 bits per heavy atom. The first-order chi connectivity index (χ1) is 7.28. The van der Waals surface area contributed by atoms with Crippen LogP contribution in [-0.2, 0) is 14.3 Å². The second-order valence-corrected chi connectivity index (χ2v) is 4.11. The highest BCUT2D eigenvalue weighted by Gasteiger charge is 2.21. The number of hydrogen-bond acceptors (Lipinski definition) is 5. The van der Waals surface area contributed by atoms with E-state index in [0.29, 0.717) is 0 Å². The number of hydrogen-bond donors (Lipinski definition) is 1. The zero-order valence-corrected chi connectivity index (χ0v) is 9.86. The molecule has 0 aromatic heterocycles. The van der Waals surface area contributed by atoms with E-state index in [-0.39, 0.29) is 6.42 Å². The molecule has 0 radical (unpaired) electrons. The molecule has 0 saturated carbocycles. The normalized spacial score (nSPS) is 12.2. The van der Waals surface area contributed by atoms with Crippen LogP contribution < -0.4 is 5.32 Å². The molecule has 1 N–H and O–H groups in total. The average Bonchev–Trinajstić information content (AvgIpc) is 2.13. The summed E-state index contributed by atoms with van der Waals surface area (Å²) in [5.41, 5.74) is -0.643. The third-order valence-corrected chi connectivity index (χ3v) is 1.45. The van der Waals surface area contributed by atoms with Crippen molar-refractivity contribution in [3.8, 4) is 6.07 Å². The van der Waals surface area contributed by atoms with Crippen molar-refractivity contribution in [1.29, 1.82) is 5.26 Å². The lowest BCUT2D eigenvalue weighted by Gasteiger charge is -2.20. The molecule has 0 heterocycles. The third kappa shape index (κ3) is 6.65. The zero-order valence-electron chi connectivity index (χ0n) is 9.86. The van der Waals surface area contributed by atoms with E-state index in [1.807, 2.05) is 0 Å². The number of esters is 1. The second kappa shape index (κ2) is 5.95. The number of rotatable bonds is 3. The lowest BCUT2D eigenvalue weighted by Crippen LogP contribution is -2.39. The van der Waals surface area contributed by atoms with Gasteiger partial charge in [-0.05, 0) is 20.8 Å². The fourth-order valence-electron chi connectivity index (χ4n) is 0.829. The number of nitriles is 1. The van der Waals surface area contributed by atoms with Crippen LogP contribution >= 0.6 is 0 Å². The first-order valence-electron chi connectivity index (χ1n) is 4.74. The summed E-state index contributed by atoms with van der Waals surface area (Å²) < 4.78 is 9.31. The van der Waals surface area contributed by atoms with E-state index in [2.05, 4.69) is 10.1 Å². The van der Waals surface area contributed by atoms with E-state index in [9.17, 15) is 9.59 Å². The highest BCUT2D eigenvalue weighted by molar-refractivity contribution is 5.73. The zero-order chi connectivity index (χ0) is 12.8. The highest BCUT2D eigenvalue weighted by atomic mass is 16.6. The maximum Gasteiger partial charge on any atom is 0.408 e. The first kappa shape index (κ1) is 14.2. The van der Waals surface area contributed by atoms with Crippen LogP contribution in [0, 0.1) is 11.3 Å². The van der Waals surface area contributed by atoms with Crippen molar-refractivity contribution in [2.45, 2.75) is 38.8 Å². The van der Waals surface area contributed by atoms with Gasteiger partial charge in [0, 0.05) is 0 Å². The molecular formula is C10H16N2O4. The molecule has 0 spiro atoms. The van der Waals surface area contributed by atoms with Gasteiger partial charge in [-0.1, -0.05) is 0 Å². The molecule has 0 unspecified atom stereocenters. The van der Waals surface area contributed by atoms with Gasteiger partial charge in [0.1, 0.15) is 11.6 Å². The molecule has 1 atom stereocenters. The number of ether oxygens (including phenoxy) is 2. The van der Waals surface area contributed by atoms with Crippen molar-refractivity contribution in [1.82, 2.24) is 5.32 Å². The molecule has 0 aliphatic heterocycles. The predicted molar refractivity (Wildman–Crippen MR) is 55.4 cm³/mol. The Hall–Kier alpha value is -1.77. The summed E-state index contributed by atoms with van der Waals surface area (Å²) in [7, 11) is 1.21. The molecule has 0 aromatic rings. The maximum absolute atomic E-state index is 11.3. The SMILES string of the molecule is COC(=O)C[C@H](C#N)NC(=O)OC(C)(C)C. The van der Waals surface area contributed by atoms with Gasteiger partial charge in [0.05, 0.1) is 19.6 Å². The Kier molecular flexibility index (Phi) is 5.30. The van der Waals surface area contributed by atoms with Crippen LogP contribution in [0.4, 0.5) is 4.79 Å². The lowest BCUT2D eigenvalue weighted by molar-refractivity contribution is -0.140. The molecule has 0 saturated heterocycles. The maximum atomic E-state index is 11.3. The second-order valence-electron chi connectivity index (χ2n) is 4.11. The van der Waals surface area contributed by atoms with Gasteiger partial charge in [0.2, 0.25) is 0 Å². The Balaban J connectivity index is 4.19. The number of carbonyl (C=O) groups excluding carboxylic acids is 2. The van der Waals surface area contributed by atoms with Gasteiger partial charge in [-0.2, -0.15) is 5.26 Å². The van der Waals surface area contributed by atoms with Crippen molar-refractivity contribution in [3.63, 3.8) is 0 Å². The van der Waals surface area contributed by atoms with Crippen molar-refractivity contribution >= 4 is 12.1 Å². The molecule has 16 heavy (non-hydrogen) atoms. The van der Waals surface area contributed by atoms with Crippen molar-refractivity contribution < 1.29 is 19.1 Å². The molecule has 0 fully saturated rings. The van der Waals surface area contributed by atoms with Gasteiger partial charge < -0.3 is 14.8 Å². The number of amides is 1. The van der Waals surface area contributed by atoms with E-state index >= 15 is 0 Å². The average molecular weight is 228 g/mol. The van der Waals surface area contributed by atoms with Gasteiger partial charge in [-0.25, -0.2) is 4.79 Å². The fourth-order valence-corrected chi connectivity index (χ4v) is 0.829. The minimum atomic E-state index is -0.942. The van der Waals surface area contributed by atoms with Gasteiger partial charge in [0.25, 0.3) is 0 Å². The molecule has 0 aromatic carbocycles. The summed E-state index contributed by atoms with van der Waals surface area (Å²) in [5, 5.41) is 11.0. The van der Waals surface area contributed by atoms with E-state index < -0.39 is 23.7 Å². The standard InChI is InChI=1S/C10H16N2O4/c1-10(2,3)16-9(14)12-7(6-11)5-8(13)15-4/h7H,5H2,1-4H3,(H,12,14)/t7-/m1/s1. The van der Waals surface area contributed by atoms with E-state index in [4.69, 9.17) is 10.00 Å². The molecule has 0 aliphatic carbocycles. The summed E-state index contributed by atoms with van der Waals surface area (Å²) in [4.78, 5) is 22.1. The van der Waals surface area contributed by atoms with E-state index in [1.54, 1.807) is 26.8 Å². The van der Waals surface area contributed by atoms with Gasteiger partial charge in [0.15, 0.2) is 0 Å². The lowest BCUT2D eigenvalue weighted by atomic mass is 10.2. The minimum absolute atomic E-state index is 0.202. The molecule has 6 nitrogen and oxygen atoms in total. The molecule has 6 heteroatoms. The molecule has 0 rings (SSSR count). The van der Waals surface area contributed by atoms with Crippen molar-refractivity contribution in [2.75, 3.05) is 7.11 Å².